The monoisotopic (exact) mass is 356 g/mol. The van der Waals surface area contributed by atoms with Gasteiger partial charge in [0.15, 0.2) is 0 Å². The molecule has 4 rings (SSSR count). The predicted octanol–water partition coefficient (Wildman–Crippen LogP) is 3.70. The number of hydrogen-bond acceptors (Lipinski definition) is 4. The van der Waals surface area contributed by atoms with Crippen LogP contribution in [0.2, 0.25) is 0 Å². The van der Waals surface area contributed by atoms with Crippen molar-refractivity contribution in [2.75, 3.05) is 20.2 Å². The van der Waals surface area contributed by atoms with Gasteiger partial charge in [0.25, 0.3) is 5.91 Å². The number of nitrogens with zero attached hydrogens (tertiary/aromatic N) is 1. The van der Waals surface area contributed by atoms with E-state index in [0.717, 1.165) is 54.1 Å². The number of benzene rings is 1. The standard InChI is InChI=1S/C20H24N2O2S/c1-13-18(14-3-7-17(24-2)8-4-14)11-19(25-13)20(23)22-15-5-6-16(22)12-21-10-9-15/h3-4,7-8,11,15-16,21H,5-6,9-10,12H2,1-2H3. The Kier molecular flexibility index (Phi) is 4.52. The SMILES string of the molecule is COc1ccc(-c2cc(C(=O)N3C4CCNCC3CC4)sc2C)cc1. The minimum absolute atomic E-state index is 0.212. The van der Waals surface area contributed by atoms with E-state index >= 15 is 0 Å². The van der Waals surface area contributed by atoms with E-state index in [1.54, 1.807) is 18.4 Å². The number of carbonyl (C=O) groups excluding carboxylic acids is 1. The van der Waals surface area contributed by atoms with E-state index in [2.05, 4.69) is 35.3 Å². The van der Waals surface area contributed by atoms with Crippen molar-refractivity contribution in [2.45, 2.75) is 38.3 Å². The summed E-state index contributed by atoms with van der Waals surface area (Å²) in [5.74, 6) is 1.06. The molecule has 2 bridgehead atoms. The van der Waals surface area contributed by atoms with Crippen LogP contribution >= 0.6 is 11.3 Å². The van der Waals surface area contributed by atoms with Crippen LogP contribution in [0.1, 0.15) is 33.8 Å². The predicted molar refractivity (Wildman–Crippen MR) is 102 cm³/mol. The highest BCUT2D eigenvalue weighted by atomic mass is 32.1. The van der Waals surface area contributed by atoms with Gasteiger partial charge in [0.1, 0.15) is 5.75 Å². The average molecular weight is 356 g/mol. The number of thiophene rings is 1. The second kappa shape index (κ2) is 6.81. The Balaban J connectivity index is 1.62. The van der Waals surface area contributed by atoms with Gasteiger partial charge in [-0.25, -0.2) is 0 Å². The molecule has 4 nitrogen and oxygen atoms in total. The van der Waals surface area contributed by atoms with E-state index in [-0.39, 0.29) is 5.91 Å². The van der Waals surface area contributed by atoms with Crippen molar-refractivity contribution in [3.63, 3.8) is 0 Å². The average Bonchev–Trinajstić information content (AvgIpc) is 3.13. The number of ether oxygens (including phenoxy) is 1. The maximum atomic E-state index is 13.2. The molecule has 2 fully saturated rings. The lowest BCUT2D eigenvalue weighted by Crippen LogP contribution is -2.42. The summed E-state index contributed by atoms with van der Waals surface area (Å²) in [4.78, 5) is 17.4. The molecule has 1 aromatic heterocycles. The van der Waals surface area contributed by atoms with E-state index in [0.29, 0.717) is 12.1 Å². The lowest BCUT2D eigenvalue weighted by molar-refractivity contribution is 0.0685. The van der Waals surface area contributed by atoms with Crippen LogP contribution in [0.15, 0.2) is 30.3 Å². The first kappa shape index (κ1) is 16.6. The van der Waals surface area contributed by atoms with Gasteiger partial charge >= 0.3 is 0 Å². The lowest BCUT2D eigenvalue weighted by atomic mass is 10.1. The van der Waals surface area contributed by atoms with Gasteiger partial charge < -0.3 is 15.0 Å². The molecule has 2 aromatic rings. The fourth-order valence-corrected chi connectivity index (χ4v) is 5.07. The minimum atomic E-state index is 0.212. The number of rotatable bonds is 3. The second-order valence-corrected chi connectivity index (χ2v) is 8.16. The third-order valence-electron chi connectivity index (χ3n) is 5.42. The fraction of sp³-hybridized carbons (Fsp3) is 0.450. The first-order chi connectivity index (χ1) is 12.2. The molecule has 2 aliphatic rings. The Hall–Kier alpha value is -1.85. The number of aryl methyl sites for hydroxylation is 1. The van der Waals surface area contributed by atoms with Crippen molar-refractivity contribution >= 4 is 17.2 Å². The van der Waals surface area contributed by atoms with Crippen molar-refractivity contribution in [3.8, 4) is 16.9 Å². The molecule has 132 valence electrons. The summed E-state index contributed by atoms with van der Waals surface area (Å²) >= 11 is 1.62. The third kappa shape index (κ3) is 3.07. The van der Waals surface area contributed by atoms with Crippen LogP contribution in [-0.2, 0) is 0 Å². The van der Waals surface area contributed by atoms with Crippen LogP contribution in [0.5, 0.6) is 5.75 Å². The van der Waals surface area contributed by atoms with Crippen LogP contribution in [0, 0.1) is 6.92 Å². The van der Waals surface area contributed by atoms with Crippen molar-refractivity contribution in [1.29, 1.82) is 0 Å². The Morgan fingerprint density at radius 3 is 2.72 bits per heavy atom. The molecule has 0 saturated carbocycles. The van der Waals surface area contributed by atoms with Gasteiger partial charge in [-0.3, -0.25) is 4.79 Å². The minimum Gasteiger partial charge on any atom is -0.497 e. The molecule has 1 N–H and O–H groups in total. The molecular formula is C20H24N2O2S. The van der Waals surface area contributed by atoms with E-state index in [9.17, 15) is 4.79 Å². The molecule has 5 heteroatoms. The van der Waals surface area contributed by atoms with Crippen molar-refractivity contribution in [2.24, 2.45) is 0 Å². The van der Waals surface area contributed by atoms with Crippen LogP contribution in [0.3, 0.4) is 0 Å². The van der Waals surface area contributed by atoms with Gasteiger partial charge in [0.2, 0.25) is 0 Å². The summed E-state index contributed by atoms with van der Waals surface area (Å²) < 4.78 is 5.24. The van der Waals surface area contributed by atoms with Gasteiger partial charge in [-0.1, -0.05) is 12.1 Å². The largest absolute Gasteiger partial charge is 0.497 e. The molecule has 1 amide bonds. The molecule has 1 aromatic carbocycles. The molecule has 2 atom stereocenters. The summed E-state index contributed by atoms with van der Waals surface area (Å²) in [6, 6.07) is 10.9. The first-order valence-electron chi connectivity index (χ1n) is 8.95. The van der Waals surface area contributed by atoms with E-state index < -0.39 is 0 Å². The van der Waals surface area contributed by atoms with Gasteiger partial charge in [-0.2, -0.15) is 0 Å². The zero-order chi connectivity index (χ0) is 17.4. The van der Waals surface area contributed by atoms with Gasteiger partial charge in [0, 0.05) is 23.5 Å². The zero-order valence-electron chi connectivity index (χ0n) is 14.7. The number of nitrogens with one attached hydrogen (secondary N) is 1. The number of carbonyl (C=O) groups is 1. The van der Waals surface area contributed by atoms with Crippen molar-refractivity contribution in [1.82, 2.24) is 10.2 Å². The van der Waals surface area contributed by atoms with Gasteiger partial charge in [0.05, 0.1) is 12.0 Å². The fourth-order valence-electron chi connectivity index (χ4n) is 4.09. The Morgan fingerprint density at radius 2 is 1.96 bits per heavy atom. The second-order valence-electron chi connectivity index (χ2n) is 6.90. The molecule has 0 aliphatic carbocycles. The summed E-state index contributed by atoms with van der Waals surface area (Å²) in [6.45, 7) is 4.04. The maximum absolute atomic E-state index is 13.2. The molecule has 2 unspecified atom stereocenters. The number of hydrogen-bond donors (Lipinski definition) is 1. The summed E-state index contributed by atoms with van der Waals surface area (Å²) in [5.41, 5.74) is 2.28. The molecule has 2 saturated heterocycles. The normalized spacial score (nSPS) is 22.7. The van der Waals surface area contributed by atoms with Gasteiger partial charge in [-0.05, 0) is 62.1 Å². The van der Waals surface area contributed by atoms with Crippen LogP contribution in [0.4, 0.5) is 0 Å². The smallest absolute Gasteiger partial charge is 0.264 e. The van der Waals surface area contributed by atoms with Crippen molar-refractivity contribution < 1.29 is 9.53 Å². The highest BCUT2D eigenvalue weighted by Crippen LogP contribution is 2.35. The highest BCUT2D eigenvalue weighted by Gasteiger charge is 2.38. The third-order valence-corrected chi connectivity index (χ3v) is 6.46. The van der Waals surface area contributed by atoms with Crippen molar-refractivity contribution in [3.05, 3.63) is 40.1 Å². The molecule has 2 aliphatic heterocycles. The van der Waals surface area contributed by atoms with Crippen LogP contribution in [-0.4, -0.2) is 43.1 Å². The van der Waals surface area contributed by atoms with Crippen LogP contribution in [0.25, 0.3) is 11.1 Å². The Labute approximate surface area is 152 Å². The topological polar surface area (TPSA) is 41.6 Å². The quantitative estimate of drug-likeness (QED) is 0.912. The summed E-state index contributed by atoms with van der Waals surface area (Å²) in [7, 11) is 1.67. The summed E-state index contributed by atoms with van der Waals surface area (Å²) in [5, 5.41) is 3.47. The molecular weight excluding hydrogens is 332 g/mol. The molecule has 3 heterocycles. The van der Waals surface area contributed by atoms with E-state index in [1.807, 2.05) is 12.1 Å². The van der Waals surface area contributed by atoms with E-state index in [1.165, 1.54) is 4.88 Å². The molecule has 0 spiro atoms. The number of amides is 1. The summed E-state index contributed by atoms with van der Waals surface area (Å²) in [6.07, 6.45) is 3.34. The lowest BCUT2D eigenvalue weighted by Gasteiger charge is -2.27. The van der Waals surface area contributed by atoms with Gasteiger partial charge in [-0.15, -0.1) is 11.3 Å². The number of fused-ring (bicyclic) bond motifs is 2. The Morgan fingerprint density at radius 1 is 1.20 bits per heavy atom. The van der Waals surface area contributed by atoms with Crippen LogP contribution < -0.4 is 10.1 Å². The van der Waals surface area contributed by atoms with E-state index in [4.69, 9.17) is 4.74 Å². The molecule has 25 heavy (non-hydrogen) atoms. The molecule has 0 radical (unpaired) electrons. The highest BCUT2D eigenvalue weighted by molar-refractivity contribution is 7.14. The maximum Gasteiger partial charge on any atom is 0.264 e. The Bertz CT molecular complexity index is 755. The first-order valence-corrected chi connectivity index (χ1v) is 9.77. The number of methoxy groups -OCH3 is 1. The zero-order valence-corrected chi connectivity index (χ0v) is 15.6.